The average molecular weight is 332 g/mol. The molecule has 1 aromatic carbocycles. The highest BCUT2D eigenvalue weighted by molar-refractivity contribution is 5.73. The van der Waals surface area contributed by atoms with Crippen LogP contribution in [0.1, 0.15) is 31.2 Å². The summed E-state index contributed by atoms with van der Waals surface area (Å²) in [6.45, 7) is 5.38. The molecule has 0 aliphatic carbocycles. The SMILES string of the molecule is CC(C)COCC(NC(=O)NOCc1ccccc1)c1ccco1. The van der Waals surface area contributed by atoms with Crippen LogP contribution in [0.15, 0.2) is 53.1 Å². The summed E-state index contributed by atoms with van der Waals surface area (Å²) in [6, 6.07) is 12.4. The predicted molar refractivity (Wildman–Crippen MR) is 90.0 cm³/mol. The molecule has 0 spiro atoms. The molecule has 1 unspecified atom stereocenters. The maximum Gasteiger partial charge on any atom is 0.339 e. The minimum absolute atomic E-state index is 0.295. The van der Waals surface area contributed by atoms with Crippen molar-refractivity contribution in [2.24, 2.45) is 5.92 Å². The van der Waals surface area contributed by atoms with Crippen molar-refractivity contribution < 1.29 is 18.8 Å². The van der Waals surface area contributed by atoms with Gasteiger partial charge in [-0.2, -0.15) is 0 Å². The summed E-state index contributed by atoms with van der Waals surface area (Å²) < 4.78 is 11.0. The molecule has 1 aromatic heterocycles. The lowest BCUT2D eigenvalue weighted by atomic mass is 10.2. The fourth-order valence-electron chi connectivity index (χ4n) is 2.05. The van der Waals surface area contributed by atoms with E-state index in [4.69, 9.17) is 14.0 Å². The second-order valence-corrected chi connectivity index (χ2v) is 5.85. The monoisotopic (exact) mass is 332 g/mol. The van der Waals surface area contributed by atoms with E-state index < -0.39 is 6.03 Å². The Kier molecular flexibility index (Phi) is 7.32. The van der Waals surface area contributed by atoms with Gasteiger partial charge >= 0.3 is 6.03 Å². The van der Waals surface area contributed by atoms with Gasteiger partial charge in [-0.1, -0.05) is 44.2 Å². The molecule has 130 valence electrons. The quantitative estimate of drug-likeness (QED) is 0.690. The topological polar surface area (TPSA) is 72.7 Å². The van der Waals surface area contributed by atoms with Crippen molar-refractivity contribution >= 4 is 6.03 Å². The van der Waals surface area contributed by atoms with Gasteiger partial charge in [0.1, 0.15) is 11.8 Å². The van der Waals surface area contributed by atoms with Crippen LogP contribution in [0.2, 0.25) is 0 Å². The lowest BCUT2D eigenvalue weighted by molar-refractivity contribution is 0.0434. The number of ether oxygens (including phenoxy) is 1. The highest BCUT2D eigenvalue weighted by atomic mass is 16.7. The number of nitrogens with one attached hydrogen (secondary N) is 2. The third-order valence-electron chi connectivity index (χ3n) is 3.17. The molecular formula is C18H24N2O4. The molecule has 6 heteroatoms. The molecule has 2 rings (SSSR count). The molecule has 0 bridgehead atoms. The van der Waals surface area contributed by atoms with Gasteiger partial charge < -0.3 is 14.5 Å². The van der Waals surface area contributed by atoms with Gasteiger partial charge in [-0.3, -0.25) is 4.84 Å². The van der Waals surface area contributed by atoms with Crippen molar-refractivity contribution in [1.29, 1.82) is 0 Å². The number of rotatable bonds is 9. The summed E-state index contributed by atoms with van der Waals surface area (Å²) in [5, 5.41) is 2.79. The number of carbonyl (C=O) groups is 1. The summed E-state index contributed by atoms with van der Waals surface area (Å²) in [5.74, 6) is 1.06. The number of furan rings is 1. The number of hydrogen-bond donors (Lipinski definition) is 2. The Bertz CT molecular complexity index is 584. The van der Waals surface area contributed by atoms with E-state index in [1.807, 2.05) is 30.3 Å². The zero-order valence-corrected chi connectivity index (χ0v) is 14.0. The van der Waals surface area contributed by atoms with Crippen molar-refractivity contribution in [3.63, 3.8) is 0 Å². The number of hydrogen-bond acceptors (Lipinski definition) is 4. The summed E-state index contributed by atoms with van der Waals surface area (Å²) in [7, 11) is 0. The minimum Gasteiger partial charge on any atom is -0.467 e. The molecule has 0 aliphatic heterocycles. The molecule has 1 heterocycles. The highest BCUT2D eigenvalue weighted by Crippen LogP contribution is 2.14. The van der Waals surface area contributed by atoms with E-state index in [2.05, 4.69) is 24.6 Å². The molecule has 0 aliphatic rings. The van der Waals surface area contributed by atoms with Gasteiger partial charge in [0, 0.05) is 6.61 Å². The number of amides is 2. The van der Waals surface area contributed by atoms with Crippen LogP contribution >= 0.6 is 0 Å². The standard InChI is InChI=1S/C18H24N2O4/c1-14(2)11-22-13-16(17-9-6-10-23-17)19-18(21)20-24-12-15-7-4-3-5-8-15/h3-10,14,16H,11-13H2,1-2H3,(H2,19,20,21). The maximum atomic E-state index is 12.0. The van der Waals surface area contributed by atoms with Crippen molar-refractivity contribution in [2.75, 3.05) is 13.2 Å². The Hall–Kier alpha value is -2.31. The first kappa shape index (κ1) is 18.0. The van der Waals surface area contributed by atoms with E-state index in [9.17, 15) is 4.79 Å². The zero-order valence-electron chi connectivity index (χ0n) is 14.0. The molecule has 2 amide bonds. The largest absolute Gasteiger partial charge is 0.467 e. The molecule has 0 fully saturated rings. The number of carbonyl (C=O) groups excluding carboxylic acids is 1. The van der Waals surface area contributed by atoms with Gasteiger partial charge in [-0.05, 0) is 23.6 Å². The van der Waals surface area contributed by atoms with Crippen LogP contribution in [-0.2, 0) is 16.2 Å². The molecule has 0 saturated carbocycles. The summed E-state index contributed by atoms with van der Waals surface area (Å²) in [5.41, 5.74) is 3.35. The molecule has 0 saturated heterocycles. The lowest BCUT2D eigenvalue weighted by Crippen LogP contribution is -2.39. The first-order chi connectivity index (χ1) is 11.6. The van der Waals surface area contributed by atoms with Crippen LogP contribution in [-0.4, -0.2) is 19.2 Å². The van der Waals surface area contributed by atoms with Crippen LogP contribution in [0.25, 0.3) is 0 Å². The first-order valence-corrected chi connectivity index (χ1v) is 7.98. The van der Waals surface area contributed by atoms with Crippen LogP contribution in [0, 0.1) is 5.92 Å². The molecule has 2 aromatic rings. The smallest absolute Gasteiger partial charge is 0.339 e. The molecule has 6 nitrogen and oxygen atoms in total. The minimum atomic E-state index is -0.444. The third-order valence-corrected chi connectivity index (χ3v) is 3.17. The summed E-state index contributed by atoms with van der Waals surface area (Å²) in [6.07, 6.45) is 1.57. The van der Waals surface area contributed by atoms with Crippen LogP contribution in [0.3, 0.4) is 0 Å². The fourth-order valence-corrected chi connectivity index (χ4v) is 2.05. The van der Waals surface area contributed by atoms with E-state index in [-0.39, 0.29) is 6.04 Å². The third kappa shape index (κ3) is 6.44. The van der Waals surface area contributed by atoms with Gasteiger partial charge in [0.15, 0.2) is 0 Å². The van der Waals surface area contributed by atoms with Crippen molar-refractivity contribution in [1.82, 2.24) is 10.8 Å². The Morgan fingerprint density at radius 3 is 2.58 bits per heavy atom. The highest BCUT2D eigenvalue weighted by Gasteiger charge is 2.17. The number of benzene rings is 1. The van der Waals surface area contributed by atoms with Gasteiger partial charge in [0.25, 0.3) is 0 Å². The maximum absolute atomic E-state index is 12.0. The van der Waals surface area contributed by atoms with E-state index in [1.165, 1.54) is 0 Å². The van der Waals surface area contributed by atoms with E-state index in [1.54, 1.807) is 18.4 Å². The number of hydroxylamine groups is 1. The first-order valence-electron chi connectivity index (χ1n) is 7.98. The Labute approximate surface area is 142 Å². The van der Waals surface area contributed by atoms with Crippen molar-refractivity contribution in [2.45, 2.75) is 26.5 Å². The van der Waals surface area contributed by atoms with Gasteiger partial charge in [0.2, 0.25) is 0 Å². The van der Waals surface area contributed by atoms with Crippen LogP contribution < -0.4 is 10.8 Å². The summed E-state index contributed by atoms with van der Waals surface area (Å²) >= 11 is 0. The fraction of sp³-hybridized carbons (Fsp3) is 0.389. The van der Waals surface area contributed by atoms with Gasteiger partial charge in [-0.25, -0.2) is 10.3 Å². The van der Waals surface area contributed by atoms with E-state index >= 15 is 0 Å². The average Bonchev–Trinajstić information content (AvgIpc) is 3.09. The Balaban J connectivity index is 1.78. The second-order valence-electron chi connectivity index (χ2n) is 5.85. The van der Waals surface area contributed by atoms with Crippen molar-refractivity contribution in [3.8, 4) is 0 Å². The molecule has 1 atom stereocenters. The van der Waals surface area contributed by atoms with Crippen LogP contribution in [0.5, 0.6) is 0 Å². The summed E-state index contributed by atoms with van der Waals surface area (Å²) in [4.78, 5) is 17.2. The van der Waals surface area contributed by atoms with E-state index in [0.29, 0.717) is 31.5 Å². The lowest BCUT2D eigenvalue weighted by Gasteiger charge is -2.18. The van der Waals surface area contributed by atoms with Crippen molar-refractivity contribution in [3.05, 3.63) is 60.1 Å². The molecule has 0 radical (unpaired) electrons. The van der Waals surface area contributed by atoms with Crippen LogP contribution in [0.4, 0.5) is 4.79 Å². The van der Waals surface area contributed by atoms with E-state index in [0.717, 1.165) is 5.56 Å². The molecular weight excluding hydrogens is 308 g/mol. The Morgan fingerprint density at radius 1 is 1.12 bits per heavy atom. The zero-order chi connectivity index (χ0) is 17.2. The molecule has 2 N–H and O–H groups in total. The molecule has 24 heavy (non-hydrogen) atoms. The second kappa shape index (κ2) is 9.75. The predicted octanol–water partition coefficient (Wildman–Crippen LogP) is 3.42. The van der Waals surface area contributed by atoms with Gasteiger partial charge in [-0.15, -0.1) is 0 Å². The Morgan fingerprint density at radius 2 is 1.92 bits per heavy atom. The number of urea groups is 1. The van der Waals surface area contributed by atoms with Gasteiger partial charge in [0.05, 0.1) is 19.5 Å². The normalized spacial score (nSPS) is 12.1.